The Labute approximate surface area is 160 Å². The number of allylic oxidation sites excluding steroid dienone is 2. The number of halogens is 1. The molecule has 0 saturated heterocycles. The highest BCUT2D eigenvalue weighted by Gasteiger charge is 2.28. The molecule has 28 heavy (non-hydrogen) atoms. The summed E-state index contributed by atoms with van der Waals surface area (Å²) in [7, 11) is 1.60. The number of carbonyl (C=O) groups is 1. The zero-order valence-electron chi connectivity index (χ0n) is 15.7. The van der Waals surface area contributed by atoms with Crippen molar-refractivity contribution in [3.8, 4) is 0 Å². The number of pyridine rings is 2. The van der Waals surface area contributed by atoms with Gasteiger partial charge in [-0.15, -0.1) is 0 Å². The van der Waals surface area contributed by atoms with E-state index < -0.39 is 11.9 Å². The molecule has 0 aliphatic carbocycles. The van der Waals surface area contributed by atoms with E-state index in [0.717, 1.165) is 0 Å². The van der Waals surface area contributed by atoms with E-state index in [0.29, 0.717) is 46.3 Å². The zero-order chi connectivity index (χ0) is 20.4. The van der Waals surface area contributed by atoms with Crippen LogP contribution in [0.3, 0.4) is 0 Å². The molecule has 8 nitrogen and oxygen atoms in total. The normalized spacial score (nSPS) is 17.4. The van der Waals surface area contributed by atoms with Crippen LogP contribution < -0.4 is 16.2 Å². The highest BCUT2D eigenvalue weighted by Crippen LogP contribution is 2.30. The van der Waals surface area contributed by atoms with Gasteiger partial charge in [-0.05, 0) is 25.0 Å². The van der Waals surface area contributed by atoms with Crippen LogP contribution in [0.4, 0.5) is 10.2 Å². The monoisotopic (exact) mass is 385 g/mol. The van der Waals surface area contributed by atoms with E-state index in [9.17, 15) is 14.0 Å². The van der Waals surface area contributed by atoms with Gasteiger partial charge >= 0.3 is 0 Å². The summed E-state index contributed by atoms with van der Waals surface area (Å²) in [6.07, 6.45) is 3.97. The van der Waals surface area contributed by atoms with Gasteiger partial charge in [0.15, 0.2) is 0 Å². The highest BCUT2D eigenvalue weighted by molar-refractivity contribution is 5.95. The lowest BCUT2D eigenvalue weighted by molar-refractivity contribution is -0.105. The molecule has 1 atom stereocenters. The number of anilines is 1. The first-order chi connectivity index (χ1) is 13.4. The van der Waals surface area contributed by atoms with E-state index in [-0.39, 0.29) is 11.3 Å². The first-order valence-corrected chi connectivity index (χ1v) is 8.66. The number of nitrogens with zero attached hydrogens (tertiary/aromatic N) is 3. The van der Waals surface area contributed by atoms with Gasteiger partial charge in [0.2, 0.25) is 6.41 Å². The van der Waals surface area contributed by atoms with E-state index in [2.05, 4.69) is 20.8 Å². The number of nitrogens with one attached hydrogen (secondary N) is 2. The van der Waals surface area contributed by atoms with Gasteiger partial charge in [0, 0.05) is 42.0 Å². The maximum atomic E-state index is 14.9. The highest BCUT2D eigenvalue weighted by atomic mass is 19.1. The van der Waals surface area contributed by atoms with Gasteiger partial charge in [0.25, 0.3) is 5.56 Å². The predicted octanol–water partition coefficient (Wildman–Crippen LogP) is 2.30. The molecule has 146 valence electrons. The van der Waals surface area contributed by atoms with Crippen molar-refractivity contribution >= 4 is 34.4 Å². The molecule has 1 aliphatic heterocycles. The fourth-order valence-electron chi connectivity index (χ4n) is 3.24. The molecule has 0 radical (unpaired) electrons. The second-order valence-corrected chi connectivity index (χ2v) is 6.39. The molecule has 0 bridgehead atoms. The summed E-state index contributed by atoms with van der Waals surface area (Å²) in [5, 5.41) is 18.2. The van der Waals surface area contributed by atoms with Crippen LogP contribution in [-0.2, 0) is 11.8 Å². The average molecular weight is 385 g/mol. The lowest BCUT2D eigenvalue weighted by Crippen LogP contribution is -2.37. The Balaban J connectivity index is 2.12. The first-order valence-electron chi connectivity index (χ1n) is 8.66. The smallest absolute Gasteiger partial charge is 0.258 e. The molecule has 0 fully saturated rings. The Kier molecular flexibility index (Phi) is 5.25. The quantitative estimate of drug-likeness (QED) is 0.317. The molecule has 0 spiro atoms. The van der Waals surface area contributed by atoms with Crippen molar-refractivity contribution in [1.29, 1.82) is 0 Å². The van der Waals surface area contributed by atoms with Crippen LogP contribution in [0.2, 0.25) is 0 Å². The van der Waals surface area contributed by atoms with Crippen molar-refractivity contribution in [2.24, 2.45) is 12.2 Å². The second kappa shape index (κ2) is 7.63. The van der Waals surface area contributed by atoms with Crippen molar-refractivity contribution < 1.29 is 14.4 Å². The Morgan fingerprint density at radius 1 is 1.50 bits per heavy atom. The lowest BCUT2D eigenvalue weighted by Gasteiger charge is -2.25. The number of hydrogen-bond donors (Lipinski definition) is 3. The van der Waals surface area contributed by atoms with Gasteiger partial charge in [-0.25, -0.2) is 9.37 Å². The first kappa shape index (κ1) is 19.3. The van der Waals surface area contributed by atoms with Crippen LogP contribution >= 0.6 is 0 Å². The van der Waals surface area contributed by atoms with Crippen LogP contribution in [0.1, 0.15) is 25.8 Å². The minimum absolute atomic E-state index is 0.262. The number of aryl methyl sites for hydroxylation is 1. The number of rotatable bonds is 5. The number of dihydropyridines is 1. The molecule has 2 aromatic rings. The topological polar surface area (TPSA) is 109 Å². The predicted molar refractivity (Wildman–Crippen MR) is 105 cm³/mol. The summed E-state index contributed by atoms with van der Waals surface area (Å²) in [6, 6.07) is 2.37. The largest absolute Gasteiger partial charge is 0.411 e. The average Bonchev–Trinajstić information content (AvgIpc) is 2.70. The van der Waals surface area contributed by atoms with Crippen molar-refractivity contribution in [2.75, 3.05) is 5.32 Å². The Bertz CT molecular complexity index is 1100. The van der Waals surface area contributed by atoms with Crippen molar-refractivity contribution in [2.45, 2.75) is 26.3 Å². The SMILES string of the molecule is CC/C(=N\O)C1NC=C(c2cc3cnc(NC=O)cc3n(C)c2=O)C(C)=C1F. The van der Waals surface area contributed by atoms with Crippen molar-refractivity contribution in [3.63, 3.8) is 0 Å². The third-order valence-electron chi connectivity index (χ3n) is 4.84. The molecule has 1 amide bonds. The lowest BCUT2D eigenvalue weighted by atomic mass is 9.93. The molecule has 0 aromatic carbocycles. The molecule has 2 aromatic heterocycles. The molecule has 1 aliphatic rings. The number of amides is 1. The second-order valence-electron chi connectivity index (χ2n) is 6.39. The summed E-state index contributed by atoms with van der Waals surface area (Å²) in [5.41, 5.74) is 1.55. The molecule has 1 unspecified atom stereocenters. The molecule has 3 heterocycles. The Morgan fingerprint density at radius 2 is 2.25 bits per heavy atom. The van der Waals surface area contributed by atoms with Gasteiger partial charge < -0.3 is 20.4 Å². The van der Waals surface area contributed by atoms with Crippen LogP contribution in [0.15, 0.2) is 45.9 Å². The van der Waals surface area contributed by atoms with E-state index in [1.807, 2.05) is 0 Å². The number of oxime groups is 1. The third kappa shape index (κ3) is 3.15. The van der Waals surface area contributed by atoms with Crippen LogP contribution in [0, 0.1) is 0 Å². The summed E-state index contributed by atoms with van der Waals surface area (Å²) in [4.78, 5) is 27.6. The molecular formula is C19H20FN5O3. The fourth-order valence-corrected chi connectivity index (χ4v) is 3.24. The van der Waals surface area contributed by atoms with E-state index in [4.69, 9.17) is 5.21 Å². The zero-order valence-corrected chi connectivity index (χ0v) is 15.7. The summed E-state index contributed by atoms with van der Waals surface area (Å²) in [5.74, 6) is -0.179. The maximum Gasteiger partial charge on any atom is 0.258 e. The van der Waals surface area contributed by atoms with Crippen molar-refractivity contribution in [1.82, 2.24) is 14.9 Å². The minimum atomic E-state index is -0.860. The Hall–Kier alpha value is -3.49. The number of carbonyl (C=O) groups excluding carboxylic acids is 1. The third-order valence-corrected chi connectivity index (χ3v) is 4.84. The van der Waals surface area contributed by atoms with E-state index >= 15 is 0 Å². The fraction of sp³-hybridized carbons (Fsp3) is 0.263. The van der Waals surface area contributed by atoms with Gasteiger partial charge in [-0.3, -0.25) is 9.59 Å². The van der Waals surface area contributed by atoms with Gasteiger partial charge in [0.1, 0.15) is 17.7 Å². The Morgan fingerprint density at radius 3 is 2.89 bits per heavy atom. The molecule has 9 heteroatoms. The molecule has 0 saturated carbocycles. The number of fused-ring (bicyclic) bond motifs is 1. The van der Waals surface area contributed by atoms with Gasteiger partial charge in [0.05, 0.1) is 11.2 Å². The molecule has 3 N–H and O–H groups in total. The summed E-state index contributed by atoms with van der Waals surface area (Å²) < 4.78 is 16.3. The van der Waals surface area contributed by atoms with Crippen LogP contribution in [0.5, 0.6) is 0 Å². The van der Waals surface area contributed by atoms with E-state index in [1.165, 1.54) is 10.8 Å². The summed E-state index contributed by atoms with van der Waals surface area (Å²) >= 11 is 0. The number of aromatic nitrogens is 2. The van der Waals surface area contributed by atoms with Crippen molar-refractivity contribution in [3.05, 3.63) is 51.8 Å². The van der Waals surface area contributed by atoms with Gasteiger partial charge in [-0.2, -0.15) is 0 Å². The van der Waals surface area contributed by atoms with E-state index in [1.54, 1.807) is 39.2 Å². The molecular weight excluding hydrogens is 365 g/mol. The standard InChI is InChI=1S/C19H20FN5O3/c1-4-14(24-28)18-17(20)10(2)13(8-22-18)12-5-11-7-21-16(23-9-26)6-15(11)25(3)19(12)27/h5-9,18,22,28H,4H2,1-3H3,(H,21,23,26)/b24-14+. The molecule has 3 rings (SSSR count). The summed E-state index contributed by atoms with van der Waals surface area (Å²) in [6.45, 7) is 3.34. The van der Waals surface area contributed by atoms with Crippen LogP contribution in [0.25, 0.3) is 16.5 Å². The minimum Gasteiger partial charge on any atom is -0.411 e. The number of hydrogen-bond acceptors (Lipinski definition) is 6. The van der Waals surface area contributed by atoms with Crippen LogP contribution in [-0.4, -0.2) is 32.9 Å². The maximum absolute atomic E-state index is 14.9. The van der Waals surface area contributed by atoms with Gasteiger partial charge in [-0.1, -0.05) is 12.1 Å².